The van der Waals surface area contributed by atoms with Crippen molar-refractivity contribution in [3.05, 3.63) is 16.0 Å². The van der Waals surface area contributed by atoms with Gasteiger partial charge in [-0.3, -0.25) is 0 Å². The topological polar surface area (TPSA) is 29.0 Å². The largest absolute Gasteiger partial charge is 0.355 e. The maximum atomic E-state index is 5.81. The zero-order valence-electron chi connectivity index (χ0n) is 6.30. The SMILES string of the molecule is Clc1ncnc(N2CCC2)c1Br. The minimum absolute atomic E-state index is 0.479. The lowest BCUT2D eigenvalue weighted by atomic mass is 10.2. The molecule has 1 aliphatic rings. The summed E-state index contributed by atoms with van der Waals surface area (Å²) in [6, 6.07) is 0. The van der Waals surface area contributed by atoms with Gasteiger partial charge in [0, 0.05) is 13.1 Å². The molecule has 1 aliphatic heterocycles. The first-order chi connectivity index (χ1) is 5.79. The predicted octanol–water partition coefficient (Wildman–Crippen LogP) is 2.10. The molecule has 1 aromatic rings. The summed E-state index contributed by atoms with van der Waals surface area (Å²) < 4.78 is 0.798. The van der Waals surface area contributed by atoms with Gasteiger partial charge < -0.3 is 4.90 Å². The van der Waals surface area contributed by atoms with Gasteiger partial charge in [-0.2, -0.15) is 0 Å². The highest BCUT2D eigenvalue weighted by Gasteiger charge is 2.19. The molecule has 0 unspecified atom stereocenters. The van der Waals surface area contributed by atoms with E-state index >= 15 is 0 Å². The van der Waals surface area contributed by atoms with Crippen molar-refractivity contribution < 1.29 is 0 Å². The van der Waals surface area contributed by atoms with E-state index in [0.717, 1.165) is 23.4 Å². The van der Waals surface area contributed by atoms with Crippen molar-refractivity contribution in [3.8, 4) is 0 Å². The van der Waals surface area contributed by atoms with E-state index in [1.165, 1.54) is 12.7 Å². The highest BCUT2D eigenvalue weighted by atomic mass is 79.9. The Hall–Kier alpha value is -0.350. The van der Waals surface area contributed by atoms with Gasteiger partial charge in [0.2, 0.25) is 0 Å². The van der Waals surface area contributed by atoms with E-state index in [9.17, 15) is 0 Å². The minimum Gasteiger partial charge on any atom is -0.355 e. The molecule has 3 nitrogen and oxygen atoms in total. The number of aromatic nitrogens is 2. The van der Waals surface area contributed by atoms with Gasteiger partial charge in [-0.05, 0) is 22.4 Å². The van der Waals surface area contributed by atoms with E-state index in [0.29, 0.717) is 5.15 Å². The molecule has 12 heavy (non-hydrogen) atoms. The van der Waals surface area contributed by atoms with Gasteiger partial charge in [0.05, 0.1) is 4.47 Å². The van der Waals surface area contributed by atoms with Crippen molar-refractivity contribution in [2.24, 2.45) is 0 Å². The van der Waals surface area contributed by atoms with Crippen LogP contribution in [-0.4, -0.2) is 23.1 Å². The van der Waals surface area contributed by atoms with Crippen LogP contribution in [0.15, 0.2) is 10.8 Å². The molecule has 2 rings (SSSR count). The summed E-state index contributed by atoms with van der Waals surface area (Å²) in [6.45, 7) is 2.12. The first kappa shape index (κ1) is 8.26. The zero-order chi connectivity index (χ0) is 8.55. The van der Waals surface area contributed by atoms with Crippen LogP contribution in [0.25, 0.3) is 0 Å². The highest BCUT2D eigenvalue weighted by molar-refractivity contribution is 9.10. The summed E-state index contributed by atoms with van der Waals surface area (Å²) in [5.74, 6) is 0.904. The van der Waals surface area contributed by atoms with Gasteiger partial charge >= 0.3 is 0 Å². The Bertz CT molecular complexity index is 301. The Labute approximate surface area is 83.9 Å². The number of hydrogen-bond donors (Lipinski definition) is 0. The van der Waals surface area contributed by atoms with Gasteiger partial charge in [0.25, 0.3) is 0 Å². The molecule has 64 valence electrons. The summed E-state index contributed by atoms with van der Waals surface area (Å²) in [4.78, 5) is 10.2. The van der Waals surface area contributed by atoms with Gasteiger partial charge in [-0.25, -0.2) is 9.97 Å². The Kier molecular flexibility index (Phi) is 2.19. The third-order valence-corrected chi connectivity index (χ3v) is 3.13. The second-order valence-electron chi connectivity index (χ2n) is 2.64. The van der Waals surface area contributed by atoms with Crippen LogP contribution in [-0.2, 0) is 0 Å². The van der Waals surface area contributed by atoms with E-state index in [1.807, 2.05) is 0 Å². The van der Waals surface area contributed by atoms with E-state index in [1.54, 1.807) is 0 Å². The van der Waals surface area contributed by atoms with Crippen molar-refractivity contribution in [3.63, 3.8) is 0 Å². The van der Waals surface area contributed by atoms with Crippen molar-refractivity contribution in [2.75, 3.05) is 18.0 Å². The molecule has 0 saturated carbocycles. The van der Waals surface area contributed by atoms with E-state index in [-0.39, 0.29) is 0 Å². The van der Waals surface area contributed by atoms with Gasteiger partial charge in [-0.1, -0.05) is 11.6 Å². The molecule has 0 N–H and O–H groups in total. The fraction of sp³-hybridized carbons (Fsp3) is 0.429. The van der Waals surface area contributed by atoms with Crippen LogP contribution in [0.5, 0.6) is 0 Å². The lowest BCUT2D eigenvalue weighted by molar-refractivity contribution is 0.607. The molecule has 0 amide bonds. The molecule has 1 saturated heterocycles. The van der Waals surface area contributed by atoms with Crippen LogP contribution in [0.2, 0.25) is 5.15 Å². The van der Waals surface area contributed by atoms with E-state index in [2.05, 4.69) is 30.8 Å². The second-order valence-corrected chi connectivity index (χ2v) is 3.79. The summed E-state index contributed by atoms with van der Waals surface area (Å²) in [6.07, 6.45) is 2.72. The van der Waals surface area contributed by atoms with Crippen LogP contribution >= 0.6 is 27.5 Å². The third-order valence-electron chi connectivity index (χ3n) is 1.88. The third kappa shape index (κ3) is 1.29. The van der Waals surface area contributed by atoms with Crippen LogP contribution in [0.4, 0.5) is 5.82 Å². The monoisotopic (exact) mass is 247 g/mol. The first-order valence-electron chi connectivity index (χ1n) is 3.70. The Morgan fingerprint density at radius 1 is 1.42 bits per heavy atom. The fourth-order valence-corrected chi connectivity index (χ4v) is 1.67. The van der Waals surface area contributed by atoms with E-state index in [4.69, 9.17) is 11.6 Å². The van der Waals surface area contributed by atoms with E-state index < -0.39 is 0 Å². The normalized spacial score (nSPS) is 16.0. The number of rotatable bonds is 1. The predicted molar refractivity (Wildman–Crippen MR) is 51.6 cm³/mol. The molecule has 2 heterocycles. The maximum absolute atomic E-state index is 5.81. The molecule has 0 bridgehead atoms. The quantitative estimate of drug-likeness (QED) is 0.713. The first-order valence-corrected chi connectivity index (χ1v) is 4.87. The molecule has 0 aliphatic carbocycles. The molecule has 0 aromatic carbocycles. The van der Waals surface area contributed by atoms with Gasteiger partial charge in [0.15, 0.2) is 0 Å². The minimum atomic E-state index is 0.479. The standard InChI is InChI=1S/C7H7BrClN3/c8-5-6(9)10-4-11-7(5)12-2-1-3-12/h4H,1-3H2. The maximum Gasteiger partial charge on any atom is 0.148 e. The van der Waals surface area contributed by atoms with Crippen LogP contribution in [0.1, 0.15) is 6.42 Å². The van der Waals surface area contributed by atoms with Gasteiger partial charge in [0.1, 0.15) is 17.3 Å². The molecular weight excluding hydrogens is 241 g/mol. The Morgan fingerprint density at radius 2 is 2.17 bits per heavy atom. The van der Waals surface area contributed by atoms with Crippen LogP contribution < -0.4 is 4.90 Å². The molecule has 0 spiro atoms. The molecule has 0 radical (unpaired) electrons. The van der Waals surface area contributed by atoms with Crippen molar-refractivity contribution in [2.45, 2.75) is 6.42 Å². The number of nitrogens with zero attached hydrogens (tertiary/aromatic N) is 3. The zero-order valence-corrected chi connectivity index (χ0v) is 8.64. The fourth-order valence-electron chi connectivity index (χ4n) is 1.09. The highest BCUT2D eigenvalue weighted by Crippen LogP contribution is 2.31. The Morgan fingerprint density at radius 3 is 2.75 bits per heavy atom. The summed E-state index contributed by atoms with van der Waals surface area (Å²) in [5.41, 5.74) is 0. The number of hydrogen-bond acceptors (Lipinski definition) is 3. The molecule has 0 atom stereocenters. The second kappa shape index (κ2) is 3.18. The number of halogens is 2. The average molecular weight is 249 g/mol. The molecule has 5 heteroatoms. The summed E-state index contributed by atoms with van der Waals surface area (Å²) in [7, 11) is 0. The molecular formula is C7H7BrClN3. The number of anilines is 1. The van der Waals surface area contributed by atoms with Crippen LogP contribution in [0.3, 0.4) is 0 Å². The average Bonchev–Trinajstić information content (AvgIpc) is 1.95. The van der Waals surface area contributed by atoms with Crippen molar-refractivity contribution in [1.29, 1.82) is 0 Å². The van der Waals surface area contributed by atoms with Crippen LogP contribution in [0, 0.1) is 0 Å². The van der Waals surface area contributed by atoms with Crippen molar-refractivity contribution in [1.82, 2.24) is 9.97 Å². The lowest BCUT2D eigenvalue weighted by Crippen LogP contribution is -2.37. The summed E-state index contributed by atoms with van der Waals surface area (Å²) >= 11 is 9.17. The van der Waals surface area contributed by atoms with Crippen molar-refractivity contribution >= 4 is 33.3 Å². The summed E-state index contributed by atoms with van der Waals surface area (Å²) in [5, 5.41) is 0.479. The lowest BCUT2D eigenvalue weighted by Gasteiger charge is -2.32. The van der Waals surface area contributed by atoms with Gasteiger partial charge in [-0.15, -0.1) is 0 Å². The molecule has 1 aromatic heterocycles. The molecule has 1 fully saturated rings. The smallest absolute Gasteiger partial charge is 0.148 e. The Balaban J connectivity index is 2.36.